The Morgan fingerprint density at radius 1 is 1.14 bits per heavy atom. The highest BCUT2D eigenvalue weighted by Crippen LogP contribution is 2.25. The molecule has 2 aliphatic heterocycles. The molecule has 2 nitrogen and oxygen atoms in total. The van der Waals surface area contributed by atoms with Crippen molar-refractivity contribution in [3.63, 3.8) is 0 Å². The maximum absolute atomic E-state index is 3.77. The Balaban J connectivity index is 1.89. The van der Waals surface area contributed by atoms with E-state index < -0.39 is 0 Å². The van der Waals surface area contributed by atoms with E-state index in [1.165, 1.54) is 64.7 Å². The molecule has 2 heterocycles. The minimum Gasteiger partial charge on any atom is -0.310 e. The molecule has 0 aromatic heterocycles. The van der Waals surface area contributed by atoms with Crippen LogP contribution in [0.15, 0.2) is 0 Å². The molecule has 0 aromatic carbocycles. The molecule has 0 aliphatic carbocycles. The number of nitrogens with zero attached hydrogens (tertiary/aromatic N) is 1. The van der Waals surface area contributed by atoms with Crippen LogP contribution in [0.5, 0.6) is 0 Å². The molecule has 2 saturated heterocycles. The third-order valence-electron chi connectivity index (χ3n) is 3.98. The van der Waals surface area contributed by atoms with Crippen molar-refractivity contribution in [2.75, 3.05) is 26.2 Å². The second-order valence-electron chi connectivity index (χ2n) is 5.00. The van der Waals surface area contributed by atoms with Crippen molar-refractivity contribution in [1.82, 2.24) is 10.2 Å². The maximum Gasteiger partial charge on any atom is 0.0306 e. The summed E-state index contributed by atoms with van der Waals surface area (Å²) >= 11 is 0. The van der Waals surface area contributed by atoms with Gasteiger partial charge in [0.25, 0.3) is 0 Å². The molecule has 2 aliphatic rings. The van der Waals surface area contributed by atoms with E-state index in [2.05, 4.69) is 17.1 Å². The molecule has 0 spiro atoms. The molecular weight excluding hydrogens is 172 g/mol. The molecule has 0 amide bonds. The first-order chi connectivity index (χ1) is 6.85. The number of hydrogen-bond donors (Lipinski definition) is 1. The highest BCUT2D eigenvalue weighted by Gasteiger charge is 2.32. The van der Waals surface area contributed by atoms with Crippen LogP contribution in [0.1, 0.15) is 45.4 Å². The monoisotopic (exact) mass is 196 g/mol. The molecule has 1 unspecified atom stereocenters. The summed E-state index contributed by atoms with van der Waals surface area (Å²) in [7, 11) is 0. The van der Waals surface area contributed by atoms with E-state index in [9.17, 15) is 0 Å². The Labute approximate surface area is 88.1 Å². The van der Waals surface area contributed by atoms with Gasteiger partial charge in [0.1, 0.15) is 0 Å². The van der Waals surface area contributed by atoms with Gasteiger partial charge in [-0.05, 0) is 51.7 Å². The van der Waals surface area contributed by atoms with Crippen LogP contribution in [-0.2, 0) is 0 Å². The topological polar surface area (TPSA) is 15.3 Å². The maximum atomic E-state index is 3.77. The summed E-state index contributed by atoms with van der Waals surface area (Å²) in [6.45, 7) is 7.55. The second-order valence-corrected chi connectivity index (χ2v) is 5.00. The lowest BCUT2D eigenvalue weighted by Gasteiger charge is -2.40. The zero-order valence-corrected chi connectivity index (χ0v) is 9.52. The van der Waals surface area contributed by atoms with E-state index in [0.717, 1.165) is 0 Å². The van der Waals surface area contributed by atoms with Gasteiger partial charge in [-0.25, -0.2) is 0 Å². The van der Waals surface area contributed by atoms with Crippen molar-refractivity contribution >= 4 is 0 Å². The van der Waals surface area contributed by atoms with Crippen molar-refractivity contribution in [3.05, 3.63) is 0 Å². The predicted molar refractivity (Wildman–Crippen MR) is 60.5 cm³/mol. The van der Waals surface area contributed by atoms with Crippen LogP contribution in [0.4, 0.5) is 0 Å². The quantitative estimate of drug-likeness (QED) is 0.743. The van der Waals surface area contributed by atoms with E-state index in [0.29, 0.717) is 5.54 Å². The number of hydrogen-bond acceptors (Lipinski definition) is 2. The Morgan fingerprint density at radius 2 is 1.93 bits per heavy atom. The highest BCUT2D eigenvalue weighted by atomic mass is 15.2. The van der Waals surface area contributed by atoms with E-state index >= 15 is 0 Å². The third kappa shape index (κ3) is 2.29. The predicted octanol–water partition coefficient (Wildman–Crippen LogP) is 2.00. The van der Waals surface area contributed by atoms with Crippen LogP contribution < -0.4 is 5.32 Å². The van der Waals surface area contributed by atoms with Gasteiger partial charge in [0.2, 0.25) is 0 Å². The van der Waals surface area contributed by atoms with Crippen LogP contribution in [0.25, 0.3) is 0 Å². The lowest BCUT2D eigenvalue weighted by Crippen LogP contribution is -2.55. The summed E-state index contributed by atoms with van der Waals surface area (Å²) < 4.78 is 0. The molecule has 1 atom stereocenters. The summed E-state index contributed by atoms with van der Waals surface area (Å²) in [4.78, 5) is 2.65. The highest BCUT2D eigenvalue weighted by molar-refractivity contribution is 4.93. The number of nitrogens with one attached hydrogen (secondary N) is 1. The van der Waals surface area contributed by atoms with Crippen LogP contribution in [0, 0.1) is 0 Å². The number of likely N-dealkylation sites (tertiary alicyclic amines) is 1. The van der Waals surface area contributed by atoms with Crippen molar-refractivity contribution < 1.29 is 0 Å². The van der Waals surface area contributed by atoms with Crippen molar-refractivity contribution in [3.8, 4) is 0 Å². The minimum absolute atomic E-state index is 0.461. The molecule has 1 N–H and O–H groups in total. The Hall–Kier alpha value is -0.0800. The largest absolute Gasteiger partial charge is 0.310 e. The van der Waals surface area contributed by atoms with Crippen molar-refractivity contribution in [2.24, 2.45) is 0 Å². The molecule has 2 fully saturated rings. The van der Waals surface area contributed by atoms with Gasteiger partial charge in [-0.1, -0.05) is 13.3 Å². The average Bonchev–Trinajstić information content (AvgIpc) is 2.72. The zero-order valence-electron chi connectivity index (χ0n) is 9.52. The second kappa shape index (κ2) is 4.63. The van der Waals surface area contributed by atoms with Gasteiger partial charge in [-0.2, -0.15) is 0 Å². The Bertz CT molecular complexity index is 167. The zero-order chi connectivity index (χ0) is 9.86. The summed E-state index contributed by atoms with van der Waals surface area (Å²) in [6.07, 6.45) is 8.32. The first-order valence-electron chi connectivity index (χ1n) is 6.32. The normalized spacial score (nSPS) is 34.9. The molecule has 0 aromatic rings. The van der Waals surface area contributed by atoms with Crippen LogP contribution in [0.3, 0.4) is 0 Å². The molecule has 14 heavy (non-hydrogen) atoms. The average molecular weight is 196 g/mol. The van der Waals surface area contributed by atoms with Crippen molar-refractivity contribution in [2.45, 2.75) is 51.0 Å². The smallest absolute Gasteiger partial charge is 0.0306 e. The Morgan fingerprint density at radius 3 is 2.50 bits per heavy atom. The molecule has 0 bridgehead atoms. The fraction of sp³-hybridized carbons (Fsp3) is 1.00. The van der Waals surface area contributed by atoms with Gasteiger partial charge in [0.15, 0.2) is 0 Å². The molecule has 2 rings (SSSR count). The first-order valence-corrected chi connectivity index (χ1v) is 6.32. The standard InChI is InChI=1S/C12H24N2/c1-2-12(7-3-4-8-13-12)11-14-9-5-6-10-14/h13H,2-11H2,1H3. The van der Waals surface area contributed by atoms with Gasteiger partial charge >= 0.3 is 0 Å². The fourth-order valence-corrected chi connectivity index (χ4v) is 2.95. The molecule has 82 valence electrons. The van der Waals surface area contributed by atoms with Crippen LogP contribution in [-0.4, -0.2) is 36.6 Å². The number of rotatable bonds is 3. The van der Waals surface area contributed by atoms with Gasteiger partial charge in [0.05, 0.1) is 0 Å². The van der Waals surface area contributed by atoms with E-state index in [-0.39, 0.29) is 0 Å². The van der Waals surface area contributed by atoms with E-state index in [1.54, 1.807) is 0 Å². The number of piperidine rings is 1. The van der Waals surface area contributed by atoms with Gasteiger partial charge < -0.3 is 10.2 Å². The lowest BCUT2D eigenvalue weighted by molar-refractivity contribution is 0.165. The Kier molecular flexibility index (Phi) is 3.45. The molecular formula is C12H24N2. The molecule has 0 radical (unpaired) electrons. The van der Waals surface area contributed by atoms with Crippen LogP contribution >= 0.6 is 0 Å². The van der Waals surface area contributed by atoms with E-state index in [4.69, 9.17) is 0 Å². The van der Waals surface area contributed by atoms with Crippen LogP contribution in [0.2, 0.25) is 0 Å². The van der Waals surface area contributed by atoms with Crippen molar-refractivity contribution in [1.29, 1.82) is 0 Å². The minimum atomic E-state index is 0.461. The summed E-state index contributed by atoms with van der Waals surface area (Å²) in [5, 5.41) is 3.77. The third-order valence-corrected chi connectivity index (χ3v) is 3.98. The summed E-state index contributed by atoms with van der Waals surface area (Å²) in [5.74, 6) is 0. The van der Waals surface area contributed by atoms with Gasteiger partial charge in [-0.15, -0.1) is 0 Å². The first kappa shape index (κ1) is 10.4. The van der Waals surface area contributed by atoms with Gasteiger partial charge in [0, 0.05) is 12.1 Å². The molecule has 2 heteroatoms. The summed E-state index contributed by atoms with van der Waals surface area (Å²) in [6, 6.07) is 0. The fourth-order valence-electron chi connectivity index (χ4n) is 2.95. The van der Waals surface area contributed by atoms with E-state index in [1.807, 2.05) is 0 Å². The molecule has 0 saturated carbocycles. The lowest BCUT2D eigenvalue weighted by atomic mass is 9.86. The van der Waals surface area contributed by atoms with Gasteiger partial charge in [-0.3, -0.25) is 0 Å². The summed E-state index contributed by atoms with van der Waals surface area (Å²) in [5.41, 5.74) is 0.461. The SMILES string of the molecule is CCC1(CN2CCCC2)CCCCN1.